The second-order valence-electron chi connectivity index (χ2n) is 22.4. The molecule has 0 saturated carbocycles. The number of benzene rings is 6. The lowest BCUT2D eigenvalue weighted by Gasteiger charge is -2.27. The van der Waals surface area contributed by atoms with Crippen molar-refractivity contribution in [2.75, 3.05) is 94.5 Å². The number of hydrazone groups is 2. The molecule has 0 amide bonds. The summed E-state index contributed by atoms with van der Waals surface area (Å²) in [6, 6.07) is 25.7. The van der Waals surface area contributed by atoms with Gasteiger partial charge in [-0.25, -0.2) is 0 Å². The fraction of sp³-hybridized carbons (Fsp3) is 0.133. The highest BCUT2D eigenvalue weighted by atomic mass is 32.2. The molecule has 0 radical (unpaired) electrons. The van der Waals surface area contributed by atoms with Crippen molar-refractivity contribution in [1.82, 2.24) is 29.9 Å². The summed E-state index contributed by atoms with van der Waals surface area (Å²) in [6.45, 7) is 1.53. The molecule has 4 aliphatic rings. The van der Waals surface area contributed by atoms with Crippen LogP contribution in [-0.2, 0) is 70.2 Å². The molecule has 540 valence electrons. The van der Waals surface area contributed by atoms with Gasteiger partial charge in [0, 0.05) is 37.6 Å². The number of hydrogen-bond donors (Lipinski definition) is 12. The molecule has 0 spiro atoms. The second kappa shape index (κ2) is 28.7. The summed E-state index contributed by atoms with van der Waals surface area (Å²) in [6.07, 6.45) is 3.65. The maximum absolute atomic E-state index is 14.4. The summed E-state index contributed by atoms with van der Waals surface area (Å²) in [5.74, 6) is -4.18. The minimum absolute atomic E-state index is 0.0845. The van der Waals surface area contributed by atoms with Crippen LogP contribution in [-0.4, -0.2) is 183 Å². The predicted octanol–water partition coefficient (Wildman–Crippen LogP) is 5.65. The second-order valence-corrected chi connectivity index (χ2v) is 30.8. The van der Waals surface area contributed by atoms with Gasteiger partial charge in [0.15, 0.2) is 11.4 Å². The van der Waals surface area contributed by atoms with Crippen molar-refractivity contribution in [2.45, 2.75) is 19.6 Å². The third-order valence-corrected chi connectivity index (χ3v) is 20.6. The number of morpholine rings is 2. The van der Waals surface area contributed by atoms with E-state index in [0.29, 0.717) is 0 Å². The van der Waals surface area contributed by atoms with Crippen LogP contribution >= 0.6 is 0 Å². The van der Waals surface area contributed by atoms with E-state index in [1.54, 1.807) is 46.2 Å². The summed E-state index contributed by atoms with van der Waals surface area (Å²) >= 11 is 0. The van der Waals surface area contributed by atoms with E-state index in [1.807, 2.05) is 0 Å². The summed E-state index contributed by atoms with van der Waals surface area (Å²) in [5.41, 5.74) is 0.440. The van der Waals surface area contributed by atoms with Crippen LogP contribution < -0.4 is 41.9 Å². The van der Waals surface area contributed by atoms with Crippen molar-refractivity contribution in [1.29, 1.82) is 0 Å². The number of carbonyl (C=O) groups excluding carboxylic acids is 2. The average Bonchev–Trinajstić information content (AvgIpc) is 0.751. The first-order valence-corrected chi connectivity index (χ1v) is 38.5. The molecule has 8 aromatic rings. The van der Waals surface area contributed by atoms with Gasteiger partial charge in [0.2, 0.25) is 47.3 Å². The number of rotatable bonds is 22. The van der Waals surface area contributed by atoms with Gasteiger partial charge in [0.25, 0.3) is 60.7 Å². The van der Waals surface area contributed by atoms with Crippen molar-refractivity contribution in [3.05, 3.63) is 165 Å². The van der Waals surface area contributed by atoms with Gasteiger partial charge in [-0.1, -0.05) is 60.7 Å². The van der Waals surface area contributed by atoms with Crippen molar-refractivity contribution in [3.63, 3.8) is 0 Å². The third kappa shape index (κ3) is 16.7. The monoisotopic (exact) mass is 1540 g/mol. The van der Waals surface area contributed by atoms with Crippen molar-refractivity contribution in [2.24, 2.45) is 10.2 Å². The molecule has 0 bridgehead atoms. The Hall–Kier alpha value is -11.0. The van der Waals surface area contributed by atoms with Gasteiger partial charge in [-0.3, -0.25) is 47.8 Å². The van der Waals surface area contributed by atoms with E-state index in [2.05, 4.69) is 72.2 Å². The third-order valence-electron chi connectivity index (χ3n) is 15.4. The number of carbonyl (C=O) groups is 2. The van der Waals surface area contributed by atoms with E-state index in [1.165, 1.54) is 48.5 Å². The fourth-order valence-electron chi connectivity index (χ4n) is 10.6. The Balaban J connectivity index is 0.860. The van der Waals surface area contributed by atoms with Crippen LogP contribution in [0.4, 0.5) is 69.8 Å². The Morgan fingerprint density at radius 3 is 1.07 bits per heavy atom. The zero-order valence-electron chi connectivity index (χ0n) is 52.7. The molecular formula is C60H52N16O22S6. The lowest BCUT2D eigenvalue weighted by atomic mass is 9.93. The van der Waals surface area contributed by atoms with Crippen LogP contribution in [0.2, 0.25) is 0 Å². The van der Waals surface area contributed by atoms with Crippen LogP contribution in [0.3, 0.4) is 0 Å². The summed E-state index contributed by atoms with van der Waals surface area (Å²) in [7, 11) is -31.2. The van der Waals surface area contributed by atoms with Crippen molar-refractivity contribution in [3.8, 4) is 0 Å². The van der Waals surface area contributed by atoms with Crippen LogP contribution in [0.1, 0.15) is 43.0 Å². The number of ketones is 2. The van der Waals surface area contributed by atoms with E-state index in [-0.39, 0.29) is 110 Å². The summed E-state index contributed by atoms with van der Waals surface area (Å²) < 4.78 is 228. The van der Waals surface area contributed by atoms with E-state index in [4.69, 9.17) is 9.47 Å². The number of nitrogens with zero attached hydrogens (tertiary/aromatic N) is 10. The van der Waals surface area contributed by atoms with Gasteiger partial charge in [0.1, 0.15) is 19.6 Å². The number of ether oxygens (including phenoxy) is 2. The highest BCUT2D eigenvalue weighted by Gasteiger charge is 2.38. The lowest BCUT2D eigenvalue weighted by molar-refractivity contribution is 0.105. The van der Waals surface area contributed by atoms with Crippen molar-refractivity contribution < 1.29 is 96.9 Å². The number of anilines is 12. The number of para-hydroxylation sites is 2. The molecule has 0 unspecified atom stereocenters. The van der Waals surface area contributed by atoms with Crippen LogP contribution in [0.15, 0.2) is 161 Å². The largest absolute Gasteiger partial charge is 0.378 e. The molecular weight excluding hydrogens is 1490 g/mol. The summed E-state index contributed by atoms with van der Waals surface area (Å²) in [5, 5.41) is 19.0. The number of allylic oxidation sites excluding steroid dienone is 2. The Morgan fingerprint density at radius 1 is 0.394 bits per heavy atom. The normalized spacial score (nSPS) is 16.2. The number of Topliss-reactive ketones (excluding diaryl/α,β-unsaturated/α-hetero) is 2. The Bertz CT molecular complexity index is 5420. The molecule has 44 heteroatoms. The predicted molar refractivity (Wildman–Crippen MR) is 376 cm³/mol. The molecule has 2 fully saturated rings. The molecule has 12 rings (SSSR count). The first kappa shape index (κ1) is 72.8. The van der Waals surface area contributed by atoms with E-state index < -0.39 is 159 Å². The van der Waals surface area contributed by atoms with E-state index >= 15 is 0 Å². The molecule has 38 nitrogen and oxygen atoms in total. The topological polar surface area (TPSA) is 560 Å². The van der Waals surface area contributed by atoms with Gasteiger partial charge < -0.3 is 40.5 Å². The number of nitrogens with one attached hydrogen (secondary N) is 6. The SMILES string of the molecule is O=C1C(=NNc2ccccc2)C(S(=O)(=O)O)=Cc2cc(S(=O)(=O)O)cc(Nc3nc(Nc4ccc(C=Cc5ccc(Nc6nc(Nc7cc(S(=O)(=O)O)cc8c7C(=O)C(=NNc7ccccc7)C(S(=O)(=O)O)=C8)nc(N7CCOCC7)n6)cc5S(=O)(=O)O)c(S(=O)(=O)O)c4)nc(N4CCOCC4)n3)c21. The van der Waals surface area contributed by atoms with Crippen LogP contribution in [0.25, 0.3) is 24.3 Å². The van der Waals surface area contributed by atoms with Gasteiger partial charge in [-0.15, -0.1) is 0 Å². The Labute approximate surface area is 589 Å². The Morgan fingerprint density at radius 2 is 0.740 bits per heavy atom. The zero-order chi connectivity index (χ0) is 74.3. The summed E-state index contributed by atoms with van der Waals surface area (Å²) in [4.78, 5) is 53.3. The molecule has 12 N–H and O–H groups in total. The Kier molecular flexibility index (Phi) is 20.1. The molecule has 0 atom stereocenters. The van der Waals surface area contributed by atoms with Gasteiger partial charge in [0.05, 0.1) is 70.1 Å². The standard InChI is InChI=1S/C60H52N16O22S6/c77-53-49-35(27-47(103(91,92)93)51(53)73-71-37-7-3-1-4-8-37)25-41(99(79,80)81)31-43(49)63-57-65-55(67-59(69-57)75-17-21-97-22-18-75)61-39-15-13-33(45(29-39)101(85,86)87)11-12-34-14-16-40(30-46(34)102(88,89)90)62-56-66-58(70-60(68-56)76-19-23-98-24-20-76)64-44-32-42(100(82,83)84)26-36-28-48(104(94,95)96)52(54(78)50(36)44)74-72-38-9-5-2-6-10-38/h1-16,25-32,71-72H,17-24H2,(H,79,80,81)(H,82,83,84)(H,85,86,87)(H,88,89,90)(H,91,92,93)(H,94,95,96)(H2,61,63,65,67,69)(H2,62,64,66,68,70). The molecule has 2 aromatic heterocycles. The highest BCUT2D eigenvalue weighted by Crippen LogP contribution is 2.38. The van der Waals surface area contributed by atoms with E-state index in [0.717, 1.165) is 60.7 Å². The molecule has 2 aliphatic heterocycles. The number of aromatic nitrogens is 6. The molecule has 2 aliphatic carbocycles. The van der Waals surface area contributed by atoms with Gasteiger partial charge in [-0.2, -0.15) is 90.6 Å². The van der Waals surface area contributed by atoms with Crippen LogP contribution in [0.5, 0.6) is 0 Å². The average molecular weight is 1540 g/mol. The quantitative estimate of drug-likeness (QED) is 0.0222. The maximum Gasteiger partial charge on any atom is 0.296 e. The number of fused-ring (bicyclic) bond motifs is 2. The van der Waals surface area contributed by atoms with Gasteiger partial charge >= 0.3 is 0 Å². The van der Waals surface area contributed by atoms with Crippen molar-refractivity contribution >= 4 is 178 Å². The van der Waals surface area contributed by atoms with Gasteiger partial charge in [-0.05, 0) is 107 Å². The first-order chi connectivity index (χ1) is 49.1. The lowest BCUT2D eigenvalue weighted by Crippen LogP contribution is -2.37. The zero-order valence-corrected chi connectivity index (χ0v) is 57.5. The molecule has 2 saturated heterocycles. The fourth-order valence-corrected chi connectivity index (χ4v) is 14.5. The minimum Gasteiger partial charge on any atom is -0.378 e. The molecule has 6 aromatic carbocycles. The van der Waals surface area contributed by atoms with Crippen LogP contribution in [0, 0.1) is 0 Å². The van der Waals surface area contributed by atoms with E-state index in [9.17, 15) is 87.4 Å². The smallest absolute Gasteiger partial charge is 0.296 e. The first-order valence-electron chi connectivity index (χ1n) is 29.8. The molecule has 104 heavy (non-hydrogen) atoms. The minimum atomic E-state index is -5.26. The maximum atomic E-state index is 14.4. The molecule has 4 heterocycles. The highest BCUT2D eigenvalue weighted by molar-refractivity contribution is 7.91. The number of hydrogen-bond acceptors (Lipinski definition) is 32.